The molecule has 0 unspecified atom stereocenters. The lowest BCUT2D eigenvalue weighted by molar-refractivity contribution is -0.119. The van der Waals surface area contributed by atoms with Gasteiger partial charge in [0.2, 0.25) is 5.91 Å². The Morgan fingerprint density at radius 2 is 2.11 bits per heavy atom. The molecule has 1 aliphatic rings. The maximum absolute atomic E-state index is 11.2. The lowest BCUT2D eigenvalue weighted by atomic mass is 10.2. The van der Waals surface area contributed by atoms with Crippen LogP contribution in [0.5, 0.6) is 0 Å². The van der Waals surface area contributed by atoms with E-state index in [2.05, 4.69) is 9.88 Å². The topological polar surface area (TPSA) is 85.2 Å². The minimum atomic E-state index is -0.286. The highest BCUT2D eigenvalue weighted by atomic mass is 16.1. The molecule has 1 saturated carbocycles. The molecule has 0 atom stereocenters. The quantitative estimate of drug-likeness (QED) is 0.810. The largest absolute Gasteiger partial charge is 0.384 e. The van der Waals surface area contributed by atoms with Crippen LogP contribution in [0.4, 0.5) is 5.82 Å². The van der Waals surface area contributed by atoms with Crippen molar-refractivity contribution in [2.45, 2.75) is 38.3 Å². The summed E-state index contributed by atoms with van der Waals surface area (Å²) in [4.78, 5) is 17.6. The second kappa shape index (κ2) is 5.82. The first-order chi connectivity index (χ1) is 8.65. The summed E-state index contributed by atoms with van der Waals surface area (Å²) in [6.45, 7) is 0.930. The number of primary amides is 1. The molecule has 1 aromatic heterocycles. The van der Waals surface area contributed by atoms with Gasteiger partial charge in [-0.2, -0.15) is 0 Å². The van der Waals surface area contributed by atoms with Crippen molar-refractivity contribution in [3.05, 3.63) is 23.9 Å². The number of anilines is 1. The van der Waals surface area contributed by atoms with Crippen molar-refractivity contribution >= 4 is 11.7 Å². The van der Waals surface area contributed by atoms with Gasteiger partial charge in [-0.3, -0.25) is 9.69 Å². The van der Waals surface area contributed by atoms with E-state index in [0.717, 1.165) is 18.5 Å². The first-order valence-corrected chi connectivity index (χ1v) is 6.39. The number of carbonyl (C=O) groups excluding carboxylic acids is 1. The van der Waals surface area contributed by atoms with E-state index in [1.54, 1.807) is 6.07 Å². The van der Waals surface area contributed by atoms with Gasteiger partial charge in [0.15, 0.2) is 0 Å². The Morgan fingerprint density at radius 3 is 2.72 bits per heavy atom. The number of hydrogen-bond donors (Lipinski definition) is 2. The Balaban J connectivity index is 2.06. The molecule has 5 heteroatoms. The van der Waals surface area contributed by atoms with Gasteiger partial charge in [-0.15, -0.1) is 0 Å². The predicted octanol–water partition coefficient (Wildman–Crippen LogP) is 0.894. The fourth-order valence-electron chi connectivity index (χ4n) is 2.58. The predicted molar refractivity (Wildman–Crippen MR) is 70.5 cm³/mol. The van der Waals surface area contributed by atoms with E-state index >= 15 is 0 Å². The number of nitrogen functional groups attached to an aromatic ring is 1. The number of aromatic nitrogens is 1. The second-order valence-electron chi connectivity index (χ2n) is 4.86. The fourth-order valence-corrected chi connectivity index (χ4v) is 2.58. The highest BCUT2D eigenvalue weighted by Gasteiger charge is 2.24. The Morgan fingerprint density at radius 1 is 1.39 bits per heavy atom. The third-order valence-electron chi connectivity index (χ3n) is 3.39. The highest BCUT2D eigenvalue weighted by Crippen LogP contribution is 2.24. The van der Waals surface area contributed by atoms with Gasteiger partial charge in [0.1, 0.15) is 5.82 Å². The molecule has 5 nitrogen and oxygen atoms in total. The number of carbonyl (C=O) groups is 1. The van der Waals surface area contributed by atoms with Crippen molar-refractivity contribution in [2.75, 3.05) is 12.3 Å². The highest BCUT2D eigenvalue weighted by molar-refractivity contribution is 5.75. The van der Waals surface area contributed by atoms with Gasteiger partial charge in [-0.05, 0) is 25.0 Å². The standard InChI is InChI=1S/C13H20N4O/c14-12-7-3-4-10(16-12)8-17(9-13(15)18)11-5-1-2-6-11/h3-4,7,11H,1-2,5-6,8-9H2,(H2,14,16)(H2,15,18). The summed E-state index contributed by atoms with van der Waals surface area (Å²) < 4.78 is 0. The van der Waals surface area contributed by atoms with E-state index in [1.807, 2.05) is 12.1 Å². The van der Waals surface area contributed by atoms with Crippen molar-refractivity contribution in [1.82, 2.24) is 9.88 Å². The molecule has 1 aromatic rings. The smallest absolute Gasteiger partial charge is 0.231 e. The molecular formula is C13H20N4O. The van der Waals surface area contributed by atoms with E-state index in [4.69, 9.17) is 11.5 Å². The first kappa shape index (κ1) is 12.8. The van der Waals surface area contributed by atoms with E-state index < -0.39 is 0 Å². The van der Waals surface area contributed by atoms with Crippen LogP contribution < -0.4 is 11.5 Å². The van der Waals surface area contributed by atoms with Gasteiger partial charge < -0.3 is 11.5 Å². The van der Waals surface area contributed by atoms with Crippen LogP contribution in [0.3, 0.4) is 0 Å². The summed E-state index contributed by atoms with van der Waals surface area (Å²) in [5, 5.41) is 0. The normalized spacial score (nSPS) is 16.3. The molecule has 0 radical (unpaired) electrons. The summed E-state index contributed by atoms with van der Waals surface area (Å²) in [5.74, 6) is 0.226. The number of pyridine rings is 1. The van der Waals surface area contributed by atoms with Crippen LogP contribution in [0.25, 0.3) is 0 Å². The summed E-state index contributed by atoms with van der Waals surface area (Å²) in [5.41, 5.74) is 11.9. The Hall–Kier alpha value is -1.62. The number of nitrogens with two attached hydrogens (primary N) is 2. The zero-order valence-electron chi connectivity index (χ0n) is 10.5. The van der Waals surface area contributed by atoms with Crippen LogP contribution in [0.1, 0.15) is 31.4 Å². The fraction of sp³-hybridized carbons (Fsp3) is 0.538. The molecule has 1 fully saturated rings. The molecule has 0 bridgehead atoms. The number of rotatable bonds is 5. The Labute approximate surface area is 107 Å². The minimum Gasteiger partial charge on any atom is -0.384 e. The van der Waals surface area contributed by atoms with Gasteiger partial charge in [0.05, 0.1) is 12.2 Å². The molecule has 18 heavy (non-hydrogen) atoms. The van der Waals surface area contributed by atoms with Crippen molar-refractivity contribution in [3.63, 3.8) is 0 Å². The third kappa shape index (κ3) is 3.43. The maximum Gasteiger partial charge on any atom is 0.231 e. The Kier molecular flexibility index (Phi) is 4.15. The van der Waals surface area contributed by atoms with E-state index in [-0.39, 0.29) is 5.91 Å². The summed E-state index contributed by atoms with van der Waals surface area (Å²) >= 11 is 0. The van der Waals surface area contributed by atoms with Crippen molar-refractivity contribution < 1.29 is 4.79 Å². The summed E-state index contributed by atoms with van der Waals surface area (Å²) in [7, 11) is 0. The molecule has 1 heterocycles. The molecule has 0 aromatic carbocycles. The van der Waals surface area contributed by atoms with Crippen LogP contribution in [-0.2, 0) is 11.3 Å². The molecular weight excluding hydrogens is 228 g/mol. The Bertz CT molecular complexity index is 415. The average molecular weight is 248 g/mol. The lowest BCUT2D eigenvalue weighted by Crippen LogP contribution is -2.39. The zero-order chi connectivity index (χ0) is 13.0. The molecule has 4 N–H and O–H groups in total. The number of nitrogens with zero attached hydrogens (tertiary/aromatic N) is 2. The molecule has 0 spiro atoms. The van der Waals surface area contributed by atoms with Crippen LogP contribution in [0.15, 0.2) is 18.2 Å². The van der Waals surface area contributed by atoms with Crippen molar-refractivity contribution in [1.29, 1.82) is 0 Å². The van der Waals surface area contributed by atoms with Gasteiger partial charge in [-0.1, -0.05) is 18.9 Å². The van der Waals surface area contributed by atoms with Gasteiger partial charge in [0, 0.05) is 12.6 Å². The zero-order valence-corrected chi connectivity index (χ0v) is 10.5. The average Bonchev–Trinajstić information content (AvgIpc) is 2.80. The monoisotopic (exact) mass is 248 g/mol. The SMILES string of the molecule is NC(=O)CN(Cc1cccc(N)n1)C1CCCC1. The van der Waals surface area contributed by atoms with Gasteiger partial charge in [-0.25, -0.2) is 4.98 Å². The molecule has 98 valence electrons. The van der Waals surface area contributed by atoms with E-state index in [0.29, 0.717) is 24.9 Å². The summed E-state index contributed by atoms with van der Waals surface area (Å²) in [6, 6.07) is 6.02. The van der Waals surface area contributed by atoms with Crippen molar-refractivity contribution in [3.8, 4) is 0 Å². The summed E-state index contributed by atoms with van der Waals surface area (Å²) in [6.07, 6.45) is 4.72. The number of hydrogen-bond acceptors (Lipinski definition) is 4. The van der Waals surface area contributed by atoms with E-state index in [9.17, 15) is 4.79 Å². The van der Waals surface area contributed by atoms with Crippen molar-refractivity contribution in [2.24, 2.45) is 5.73 Å². The first-order valence-electron chi connectivity index (χ1n) is 6.39. The van der Waals surface area contributed by atoms with Gasteiger partial charge >= 0.3 is 0 Å². The second-order valence-corrected chi connectivity index (χ2v) is 4.86. The maximum atomic E-state index is 11.2. The van der Waals surface area contributed by atoms with E-state index in [1.165, 1.54) is 12.8 Å². The molecule has 0 aliphatic heterocycles. The molecule has 1 aliphatic carbocycles. The lowest BCUT2D eigenvalue weighted by Gasteiger charge is -2.27. The third-order valence-corrected chi connectivity index (χ3v) is 3.39. The van der Waals surface area contributed by atoms with Gasteiger partial charge in [0.25, 0.3) is 0 Å². The van der Waals surface area contributed by atoms with Crippen LogP contribution in [0.2, 0.25) is 0 Å². The number of amides is 1. The van der Waals surface area contributed by atoms with Crippen LogP contribution in [-0.4, -0.2) is 28.4 Å². The molecule has 0 saturated heterocycles. The van der Waals surface area contributed by atoms with Crippen LogP contribution in [0, 0.1) is 0 Å². The van der Waals surface area contributed by atoms with Crippen LogP contribution >= 0.6 is 0 Å². The molecule has 1 amide bonds. The minimum absolute atomic E-state index is 0.286. The molecule has 2 rings (SSSR count).